The molecule has 0 bridgehead atoms. The molecule has 26 heavy (non-hydrogen) atoms. The maximum atomic E-state index is 12.4. The molecule has 1 aromatic heterocycles. The summed E-state index contributed by atoms with van der Waals surface area (Å²) in [4.78, 5) is 21.2. The second-order valence-electron chi connectivity index (χ2n) is 6.75. The first-order valence-corrected chi connectivity index (χ1v) is 10.5. The number of rotatable bonds is 4. The predicted molar refractivity (Wildman–Crippen MR) is 111 cm³/mol. The largest absolute Gasteiger partial charge is 0.378 e. The Kier molecular flexibility index (Phi) is 7.10. The molecule has 1 N–H and O–H groups in total. The summed E-state index contributed by atoms with van der Waals surface area (Å²) in [5.74, 6) is 1.85. The highest BCUT2D eigenvalue weighted by atomic mass is 32.2. The third kappa shape index (κ3) is 5.31. The Labute approximate surface area is 164 Å². The number of nitrogens with zero attached hydrogens (tertiary/aromatic N) is 3. The average molecular weight is 395 g/mol. The van der Waals surface area contributed by atoms with Crippen molar-refractivity contribution in [1.29, 1.82) is 0 Å². The van der Waals surface area contributed by atoms with Crippen molar-refractivity contribution >= 4 is 45.7 Å². The number of piperidine rings is 1. The molecule has 3 heterocycles. The van der Waals surface area contributed by atoms with Crippen LogP contribution in [0.25, 0.3) is 0 Å². The van der Waals surface area contributed by atoms with Crippen LogP contribution in [0.2, 0.25) is 0 Å². The fourth-order valence-corrected chi connectivity index (χ4v) is 4.17. The number of likely N-dealkylation sites (tertiary alicyclic amines) is 1. The lowest BCUT2D eigenvalue weighted by Gasteiger charge is -2.31. The van der Waals surface area contributed by atoms with Crippen LogP contribution in [0.5, 0.6) is 0 Å². The van der Waals surface area contributed by atoms with Crippen LogP contribution in [0.3, 0.4) is 0 Å². The van der Waals surface area contributed by atoms with E-state index in [1.807, 2.05) is 12.1 Å². The summed E-state index contributed by atoms with van der Waals surface area (Å²) < 4.78 is 6.22. The fourth-order valence-electron chi connectivity index (χ4n) is 3.12. The van der Waals surface area contributed by atoms with Crippen LogP contribution in [0, 0.1) is 5.92 Å². The SMILES string of the molecule is CC1CCN(C(=S)SCC(=O)Nc2cccnc2N2CCOCC2)CC1. The van der Waals surface area contributed by atoms with Gasteiger partial charge in [0.1, 0.15) is 4.32 Å². The number of carbonyl (C=O) groups is 1. The zero-order chi connectivity index (χ0) is 18.4. The Hall–Kier alpha value is -1.38. The van der Waals surface area contributed by atoms with Crippen LogP contribution < -0.4 is 10.2 Å². The number of morpholine rings is 1. The number of anilines is 2. The topological polar surface area (TPSA) is 57.7 Å². The van der Waals surface area contributed by atoms with Gasteiger partial charge in [0, 0.05) is 32.4 Å². The molecule has 1 amide bonds. The molecule has 0 spiro atoms. The molecule has 8 heteroatoms. The summed E-state index contributed by atoms with van der Waals surface area (Å²) >= 11 is 6.94. The van der Waals surface area contributed by atoms with Crippen molar-refractivity contribution in [1.82, 2.24) is 9.88 Å². The fraction of sp³-hybridized carbons (Fsp3) is 0.611. The van der Waals surface area contributed by atoms with Gasteiger partial charge in [0.2, 0.25) is 5.91 Å². The lowest BCUT2D eigenvalue weighted by molar-refractivity contribution is -0.113. The average Bonchev–Trinajstić information content (AvgIpc) is 2.68. The van der Waals surface area contributed by atoms with Crippen LogP contribution >= 0.6 is 24.0 Å². The van der Waals surface area contributed by atoms with E-state index in [-0.39, 0.29) is 5.91 Å². The van der Waals surface area contributed by atoms with Crippen LogP contribution in [0.15, 0.2) is 18.3 Å². The van der Waals surface area contributed by atoms with Gasteiger partial charge in [-0.25, -0.2) is 4.98 Å². The van der Waals surface area contributed by atoms with Crippen molar-refractivity contribution in [3.63, 3.8) is 0 Å². The lowest BCUT2D eigenvalue weighted by Crippen LogP contribution is -2.37. The summed E-state index contributed by atoms with van der Waals surface area (Å²) in [5, 5.41) is 2.99. The summed E-state index contributed by atoms with van der Waals surface area (Å²) in [6, 6.07) is 3.73. The van der Waals surface area contributed by atoms with E-state index >= 15 is 0 Å². The monoisotopic (exact) mass is 394 g/mol. The molecule has 6 nitrogen and oxygen atoms in total. The molecule has 0 radical (unpaired) electrons. The first-order chi connectivity index (χ1) is 12.6. The Morgan fingerprint density at radius 1 is 1.35 bits per heavy atom. The normalized spacial score (nSPS) is 18.7. The lowest BCUT2D eigenvalue weighted by atomic mass is 10.00. The summed E-state index contributed by atoms with van der Waals surface area (Å²) in [6.07, 6.45) is 4.10. The quantitative estimate of drug-likeness (QED) is 0.788. The number of thiocarbonyl (C=S) groups is 1. The van der Waals surface area contributed by atoms with Crippen molar-refractivity contribution in [3.8, 4) is 0 Å². The van der Waals surface area contributed by atoms with E-state index in [1.54, 1.807) is 6.20 Å². The van der Waals surface area contributed by atoms with Gasteiger partial charge in [0.15, 0.2) is 5.82 Å². The summed E-state index contributed by atoms with van der Waals surface area (Å²) in [5.41, 5.74) is 0.748. The van der Waals surface area contributed by atoms with Crippen LogP contribution in [-0.4, -0.2) is 65.3 Å². The number of thioether (sulfide) groups is 1. The highest BCUT2D eigenvalue weighted by Gasteiger charge is 2.20. The molecule has 2 aliphatic rings. The third-order valence-electron chi connectivity index (χ3n) is 4.74. The summed E-state index contributed by atoms with van der Waals surface area (Å²) in [6.45, 7) is 7.21. The van der Waals surface area contributed by atoms with Crippen molar-refractivity contribution in [2.24, 2.45) is 5.92 Å². The van der Waals surface area contributed by atoms with Gasteiger partial charge in [-0.3, -0.25) is 4.79 Å². The number of hydrogen-bond acceptors (Lipinski definition) is 6. The second kappa shape index (κ2) is 9.53. The van der Waals surface area contributed by atoms with Crippen molar-refractivity contribution in [2.45, 2.75) is 19.8 Å². The molecule has 0 saturated carbocycles. The Bertz CT molecular complexity index is 629. The highest BCUT2D eigenvalue weighted by Crippen LogP contribution is 2.24. The van der Waals surface area contributed by atoms with Crippen LogP contribution in [-0.2, 0) is 9.53 Å². The highest BCUT2D eigenvalue weighted by molar-refractivity contribution is 8.23. The number of amides is 1. The van der Waals surface area contributed by atoms with Gasteiger partial charge in [-0.05, 0) is 30.9 Å². The smallest absolute Gasteiger partial charge is 0.234 e. The van der Waals surface area contributed by atoms with Crippen LogP contribution in [0.4, 0.5) is 11.5 Å². The third-order valence-corrected chi connectivity index (χ3v) is 6.26. The molecule has 2 saturated heterocycles. The number of aromatic nitrogens is 1. The Balaban J connectivity index is 1.51. The molecule has 3 rings (SSSR count). The summed E-state index contributed by atoms with van der Waals surface area (Å²) in [7, 11) is 0. The van der Waals surface area contributed by atoms with E-state index in [0.29, 0.717) is 19.0 Å². The van der Waals surface area contributed by atoms with Gasteiger partial charge >= 0.3 is 0 Å². The molecular weight excluding hydrogens is 368 g/mol. The standard InChI is InChI=1S/C18H26N4O2S2/c1-14-4-7-22(8-5-14)18(25)26-13-16(23)20-15-3-2-6-19-17(15)21-9-11-24-12-10-21/h2-3,6,14H,4-5,7-13H2,1H3,(H,20,23). The Morgan fingerprint density at radius 3 is 2.81 bits per heavy atom. The molecule has 0 aromatic carbocycles. The van der Waals surface area contributed by atoms with E-state index < -0.39 is 0 Å². The maximum Gasteiger partial charge on any atom is 0.234 e. The van der Waals surface area contributed by atoms with Crippen molar-refractivity contribution in [2.75, 3.05) is 55.4 Å². The van der Waals surface area contributed by atoms with Gasteiger partial charge in [-0.2, -0.15) is 0 Å². The molecule has 2 aliphatic heterocycles. The first-order valence-electron chi connectivity index (χ1n) is 9.13. The van der Waals surface area contributed by atoms with E-state index in [2.05, 4.69) is 27.0 Å². The minimum atomic E-state index is -0.0507. The first kappa shape index (κ1) is 19.4. The van der Waals surface area contributed by atoms with Crippen molar-refractivity contribution in [3.05, 3.63) is 18.3 Å². The molecule has 0 atom stereocenters. The Morgan fingerprint density at radius 2 is 2.08 bits per heavy atom. The van der Waals surface area contributed by atoms with E-state index in [0.717, 1.165) is 47.9 Å². The van der Waals surface area contributed by atoms with Crippen molar-refractivity contribution < 1.29 is 9.53 Å². The zero-order valence-corrected chi connectivity index (χ0v) is 16.8. The minimum Gasteiger partial charge on any atom is -0.378 e. The second-order valence-corrected chi connectivity index (χ2v) is 8.36. The maximum absolute atomic E-state index is 12.4. The number of nitrogens with one attached hydrogen (secondary N) is 1. The van der Waals surface area contributed by atoms with Gasteiger partial charge in [-0.1, -0.05) is 30.9 Å². The van der Waals surface area contributed by atoms with E-state index in [4.69, 9.17) is 17.0 Å². The molecule has 142 valence electrons. The van der Waals surface area contributed by atoms with Gasteiger partial charge in [-0.15, -0.1) is 0 Å². The number of hydrogen-bond donors (Lipinski definition) is 1. The van der Waals surface area contributed by atoms with Crippen LogP contribution in [0.1, 0.15) is 19.8 Å². The number of ether oxygens (including phenoxy) is 1. The van der Waals surface area contributed by atoms with Gasteiger partial charge < -0.3 is 19.9 Å². The predicted octanol–water partition coefficient (Wildman–Crippen LogP) is 2.61. The molecule has 1 aromatic rings. The number of carbonyl (C=O) groups excluding carboxylic acids is 1. The minimum absolute atomic E-state index is 0.0507. The van der Waals surface area contributed by atoms with Gasteiger partial charge in [0.25, 0.3) is 0 Å². The van der Waals surface area contributed by atoms with E-state index in [1.165, 1.54) is 24.6 Å². The zero-order valence-electron chi connectivity index (χ0n) is 15.1. The van der Waals surface area contributed by atoms with E-state index in [9.17, 15) is 4.79 Å². The molecular formula is C18H26N4O2S2. The molecule has 2 fully saturated rings. The number of pyridine rings is 1. The molecule has 0 aliphatic carbocycles. The molecule has 0 unspecified atom stereocenters. The van der Waals surface area contributed by atoms with Gasteiger partial charge in [0.05, 0.1) is 24.7 Å².